The zero-order chi connectivity index (χ0) is 22.5. The highest BCUT2D eigenvalue weighted by Gasteiger charge is 2.31. The van der Waals surface area contributed by atoms with Crippen molar-refractivity contribution in [2.45, 2.75) is 24.5 Å². The molecule has 1 aliphatic rings. The van der Waals surface area contributed by atoms with Gasteiger partial charge in [0, 0.05) is 5.92 Å². The van der Waals surface area contributed by atoms with Crippen molar-refractivity contribution in [3.8, 4) is 11.1 Å². The lowest BCUT2D eigenvalue weighted by Gasteiger charge is -2.23. The Morgan fingerprint density at radius 3 is 2.06 bits per heavy atom. The summed E-state index contributed by atoms with van der Waals surface area (Å²) >= 11 is 0. The van der Waals surface area contributed by atoms with Gasteiger partial charge in [0.05, 0.1) is 13.2 Å². The topological polar surface area (TPSA) is 84.9 Å². The van der Waals surface area contributed by atoms with Crippen molar-refractivity contribution in [2.24, 2.45) is 0 Å². The Morgan fingerprint density at radius 2 is 1.47 bits per heavy atom. The molecule has 6 heteroatoms. The summed E-state index contributed by atoms with van der Waals surface area (Å²) in [5, 5.41) is 13.0. The molecular formula is C26H25NO5. The lowest BCUT2D eigenvalue weighted by atomic mass is 9.98. The molecule has 0 heterocycles. The molecule has 2 unspecified atom stereocenters. The first kappa shape index (κ1) is 21.6. The van der Waals surface area contributed by atoms with E-state index in [9.17, 15) is 14.7 Å². The highest BCUT2D eigenvalue weighted by molar-refractivity contribution is 5.79. The number of esters is 1. The van der Waals surface area contributed by atoms with Crippen LogP contribution >= 0.6 is 0 Å². The van der Waals surface area contributed by atoms with Gasteiger partial charge in [-0.05, 0) is 34.2 Å². The SMILES string of the molecule is COC(=O)C(O)C(Cc1ccccc1)NC(=O)OCC1c2ccccc2-c2ccccc21. The molecular weight excluding hydrogens is 406 g/mol. The number of ether oxygens (including phenoxy) is 2. The van der Waals surface area contributed by atoms with E-state index in [-0.39, 0.29) is 18.9 Å². The van der Waals surface area contributed by atoms with Gasteiger partial charge >= 0.3 is 12.1 Å². The lowest BCUT2D eigenvalue weighted by molar-refractivity contribution is -0.151. The van der Waals surface area contributed by atoms with Crippen LogP contribution in [0.5, 0.6) is 0 Å². The van der Waals surface area contributed by atoms with E-state index in [1.807, 2.05) is 66.7 Å². The average molecular weight is 431 g/mol. The van der Waals surface area contributed by atoms with E-state index >= 15 is 0 Å². The molecule has 0 radical (unpaired) electrons. The van der Waals surface area contributed by atoms with Crippen molar-refractivity contribution in [1.29, 1.82) is 0 Å². The normalized spacial score (nSPS) is 14.1. The maximum absolute atomic E-state index is 12.6. The number of aliphatic hydroxyl groups excluding tert-OH is 1. The minimum Gasteiger partial charge on any atom is -0.467 e. The number of hydrogen-bond acceptors (Lipinski definition) is 5. The summed E-state index contributed by atoms with van der Waals surface area (Å²) in [6.07, 6.45) is -1.96. The summed E-state index contributed by atoms with van der Waals surface area (Å²) in [4.78, 5) is 24.5. The van der Waals surface area contributed by atoms with Gasteiger partial charge in [-0.15, -0.1) is 0 Å². The molecule has 0 spiro atoms. The zero-order valence-corrected chi connectivity index (χ0v) is 17.7. The number of carbonyl (C=O) groups excluding carboxylic acids is 2. The second-order valence-electron chi connectivity index (χ2n) is 7.73. The number of nitrogens with one attached hydrogen (secondary N) is 1. The van der Waals surface area contributed by atoms with E-state index in [4.69, 9.17) is 4.74 Å². The summed E-state index contributed by atoms with van der Waals surface area (Å²) in [5.74, 6) is -0.892. The Labute approximate surface area is 186 Å². The number of rotatable bonds is 7. The van der Waals surface area contributed by atoms with Gasteiger partial charge in [-0.25, -0.2) is 9.59 Å². The Balaban J connectivity index is 1.46. The number of benzene rings is 3. The van der Waals surface area contributed by atoms with Gasteiger partial charge in [0.1, 0.15) is 6.61 Å². The Morgan fingerprint density at radius 1 is 0.906 bits per heavy atom. The van der Waals surface area contributed by atoms with Crippen LogP contribution in [0.4, 0.5) is 4.79 Å². The van der Waals surface area contributed by atoms with Crippen LogP contribution in [0.3, 0.4) is 0 Å². The third-order valence-electron chi connectivity index (χ3n) is 5.77. The largest absolute Gasteiger partial charge is 0.467 e. The van der Waals surface area contributed by atoms with Crippen LogP contribution in [-0.4, -0.2) is 43.0 Å². The lowest BCUT2D eigenvalue weighted by Crippen LogP contribution is -2.49. The summed E-state index contributed by atoms with van der Waals surface area (Å²) in [6, 6.07) is 24.5. The van der Waals surface area contributed by atoms with Crippen LogP contribution in [-0.2, 0) is 20.7 Å². The minimum atomic E-state index is -1.51. The van der Waals surface area contributed by atoms with Crippen LogP contribution in [0.1, 0.15) is 22.6 Å². The highest BCUT2D eigenvalue weighted by atomic mass is 16.6. The molecule has 0 saturated heterocycles. The van der Waals surface area contributed by atoms with Crippen molar-refractivity contribution in [2.75, 3.05) is 13.7 Å². The van der Waals surface area contributed by atoms with Gasteiger partial charge in [-0.2, -0.15) is 0 Å². The molecule has 1 aliphatic carbocycles. The van der Waals surface area contributed by atoms with Gasteiger partial charge in [0.15, 0.2) is 6.10 Å². The summed E-state index contributed by atoms with van der Waals surface area (Å²) in [5.41, 5.74) is 5.36. The van der Waals surface area contributed by atoms with Crippen LogP contribution < -0.4 is 5.32 Å². The van der Waals surface area contributed by atoms with Crippen molar-refractivity contribution in [3.63, 3.8) is 0 Å². The van der Waals surface area contributed by atoms with Crippen LogP contribution in [0.25, 0.3) is 11.1 Å². The Hall–Kier alpha value is -3.64. The van der Waals surface area contributed by atoms with Gasteiger partial charge in [-0.1, -0.05) is 78.9 Å². The molecule has 0 fully saturated rings. The molecule has 4 rings (SSSR count). The molecule has 3 aromatic carbocycles. The number of alkyl carbamates (subject to hydrolysis) is 1. The number of amides is 1. The van der Waals surface area contributed by atoms with E-state index in [0.29, 0.717) is 0 Å². The summed E-state index contributed by atoms with van der Waals surface area (Å²) in [7, 11) is 1.19. The third-order valence-corrected chi connectivity index (χ3v) is 5.77. The quantitative estimate of drug-likeness (QED) is 0.558. The first-order valence-corrected chi connectivity index (χ1v) is 10.5. The molecule has 0 saturated carbocycles. The molecule has 2 atom stereocenters. The second-order valence-corrected chi connectivity index (χ2v) is 7.73. The smallest absolute Gasteiger partial charge is 0.407 e. The summed E-state index contributed by atoms with van der Waals surface area (Å²) < 4.78 is 10.2. The van der Waals surface area contributed by atoms with Gasteiger partial charge < -0.3 is 19.9 Å². The fraction of sp³-hybridized carbons (Fsp3) is 0.231. The van der Waals surface area contributed by atoms with Crippen molar-refractivity contribution >= 4 is 12.1 Å². The highest BCUT2D eigenvalue weighted by Crippen LogP contribution is 2.44. The molecule has 0 aliphatic heterocycles. The number of hydrogen-bond donors (Lipinski definition) is 2. The maximum Gasteiger partial charge on any atom is 0.407 e. The number of aliphatic hydroxyl groups is 1. The first-order chi connectivity index (χ1) is 15.6. The number of carbonyl (C=O) groups is 2. The van der Waals surface area contributed by atoms with Crippen molar-refractivity contribution < 1.29 is 24.2 Å². The van der Waals surface area contributed by atoms with E-state index in [0.717, 1.165) is 27.8 Å². The van der Waals surface area contributed by atoms with Gasteiger partial charge in [0.25, 0.3) is 0 Å². The zero-order valence-electron chi connectivity index (χ0n) is 17.7. The van der Waals surface area contributed by atoms with E-state index in [1.54, 1.807) is 0 Å². The minimum absolute atomic E-state index is 0.0775. The van der Waals surface area contributed by atoms with Crippen LogP contribution in [0, 0.1) is 0 Å². The third kappa shape index (κ3) is 4.50. The number of methoxy groups -OCH3 is 1. The van der Waals surface area contributed by atoms with Gasteiger partial charge in [0.2, 0.25) is 0 Å². The average Bonchev–Trinajstić information content (AvgIpc) is 3.15. The molecule has 3 aromatic rings. The standard InChI is InChI=1S/C26H25NO5/c1-31-25(29)24(28)23(15-17-9-3-2-4-10-17)27-26(30)32-16-22-20-13-7-5-11-18(20)19-12-6-8-14-21(19)22/h2-14,22-24,28H,15-16H2,1H3,(H,27,30). The van der Waals surface area contributed by atoms with E-state index < -0.39 is 24.2 Å². The van der Waals surface area contributed by atoms with Crippen molar-refractivity contribution in [1.82, 2.24) is 5.32 Å². The molecule has 2 N–H and O–H groups in total. The predicted molar refractivity (Wildman–Crippen MR) is 120 cm³/mol. The molecule has 0 bridgehead atoms. The molecule has 0 aromatic heterocycles. The Bertz CT molecular complexity index is 1050. The Kier molecular flexibility index (Phi) is 6.52. The first-order valence-electron chi connectivity index (χ1n) is 10.5. The van der Waals surface area contributed by atoms with E-state index in [1.165, 1.54) is 7.11 Å². The molecule has 6 nitrogen and oxygen atoms in total. The van der Waals surface area contributed by atoms with Crippen LogP contribution in [0.15, 0.2) is 78.9 Å². The maximum atomic E-state index is 12.6. The summed E-state index contributed by atoms with van der Waals surface area (Å²) in [6.45, 7) is 0.145. The van der Waals surface area contributed by atoms with Crippen molar-refractivity contribution in [3.05, 3.63) is 95.6 Å². The van der Waals surface area contributed by atoms with Gasteiger partial charge in [-0.3, -0.25) is 0 Å². The molecule has 164 valence electrons. The molecule has 1 amide bonds. The monoisotopic (exact) mass is 431 g/mol. The molecule has 32 heavy (non-hydrogen) atoms. The number of fused-ring (bicyclic) bond motifs is 3. The van der Waals surface area contributed by atoms with Crippen LogP contribution in [0.2, 0.25) is 0 Å². The fourth-order valence-corrected chi connectivity index (χ4v) is 4.19. The second kappa shape index (κ2) is 9.66. The van der Waals surface area contributed by atoms with E-state index in [2.05, 4.69) is 22.2 Å². The fourth-order valence-electron chi connectivity index (χ4n) is 4.19. The predicted octanol–water partition coefficient (Wildman–Crippen LogP) is 3.67.